The van der Waals surface area contributed by atoms with Crippen molar-refractivity contribution in [3.8, 4) is 0 Å². The van der Waals surface area contributed by atoms with Crippen molar-refractivity contribution >= 4 is 0 Å². The van der Waals surface area contributed by atoms with Gasteiger partial charge in [0.2, 0.25) is 0 Å². The summed E-state index contributed by atoms with van der Waals surface area (Å²) in [4.78, 5) is 0. The maximum atomic E-state index is 4.00. The van der Waals surface area contributed by atoms with Gasteiger partial charge in [0.1, 0.15) is 0 Å². The minimum Gasteiger partial charge on any atom is -1.00 e. The van der Waals surface area contributed by atoms with Crippen LogP contribution in [-0.4, -0.2) is 30.7 Å². The molecule has 0 saturated heterocycles. The number of quaternary nitrogens is 1. The van der Waals surface area contributed by atoms with Crippen molar-refractivity contribution in [1.82, 2.24) is 0 Å². The fourth-order valence-electron chi connectivity index (χ4n) is 5.04. The van der Waals surface area contributed by atoms with Gasteiger partial charge in [-0.15, -0.1) is 6.58 Å². The molecule has 0 atom stereocenters. The van der Waals surface area contributed by atoms with Crippen LogP contribution in [0.25, 0.3) is 0 Å². The van der Waals surface area contributed by atoms with Crippen LogP contribution in [0.2, 0.25) is 0 Å². The van der Waals surface area contributed by atoms with Gasteiger partial charge in [-0.1, -0.05) is 123 Å². The highest BCUT2D eigenvalue weighted by molar-refractivity contribution is 4.66. The van der Waals surface area contributed by atoms with Crippen molar-refractivity contribution in [2.24, 2.45) is 0 Å². The van der Waals surface area contributed by atoms with Crippen LogP contribution >= 0.6 is 0 Å². The second-order valence-corrected chi connectivity index (χ2v) is 10.3. The molecule has 2 heteroatoms. The Balaban J connectivity index is 0. The van der Waals surface area contributed by atoms with Crippen molar-refractivity contribution in [2.75, 3.05) is 26.2 Å². The van der Waals surface area contributed by atoms with Crippen molar-refractivity contribution in [3.05, 3.63) is 12.7 Å². The van der Waals surface area contributed by atoms with E-state index in [9.17, 15) is 0 Å². The van der Waals surface area contributed by atoms with Gasteiger partial charge in [0.25, 0.3) is 0 Å². The zero-order chi connectivity index (χ0) is 22.9. The number of nitrogens with zero attached hydrogens (tertiary/aromatic N) is 1. The highest BCUT2D eigenvalue weighted by Gasteiger charge is 2.23. The van der Waals surface area contributed by atoms with Gasteiger partial charge < -0.3 is 21.5 Å². The van der Waals surface area contributed by atoms with E-state index in [1.54, 1.807) is 0 Å². The third-order valence-corrected chi connectivity index (χ3v) is 7.45. The van der Waals surface area contributed by atoms with Gasteiger partial charge in [-0.25, -0.2) is 0 Å². The van der Waals surface area contributed by atoms with Crippen LogP contribution in [0.1, 0.15) is 156 Å². The molecule has 0 rings (SSSR count). The molecule has 0 bridgehead atoms. The van der Waals surface area contributed by atoms with Gasteiger partial charge in [0, 0.05) is 6.42 Å². The third-order valence-electron chi connectivity index (χ3n) is 7.45. The Morgan fingerprint density at radius 2 is 0.781 bits per heavy atom. The minimum absolute atomic E-state index is 0. The van der Waals surface area contributed by atoms with Gasteiger partial charge >= 0.3 is 0 Å². The van der Waals surface area contributed by atoms with E-state index in [1.807, 2.05) is 0 Å². The van der Waals surface area contributed by atoms with Crippen LogP contribution in [0.4, 0.5) is 0 Å². The molecule has 0 fully saturated rings. The molecule has 0 aromatic rings. The Morgan fingerprint density at radius 1 is 0.469 bits per heavy atom. The average Bonchev–Trinajstić information content (AvgIpc) is 2.79. The summed E-state index contributed by atoms with van der Waals surface area (Å²) in [6.07, 6.45) is 32.2. The second kappa shape index (κ2) is 27.4. The lowest BCUT2D eigenvalue weighted by atomic mass is 10.0. The second-order valence-electron chi connectivity index (χ2n) is 10.3. The van der Waals surface area contributed by atoms with E-state index in [4.69, 9.17) is 0 Å². The molecule has 0 aliphatic rings. The van der Waals surface area contributed by atoms with Crippen LogP contribution in [0, 0.1) is 0 Å². The molecule has 1 nitrogen and oxygen atoms in total. The first kappa shape index (κ1) is 34.3. The molecular weight excluding hydrogens is 454 g/mol. The van der Waals surface area contributed by atoms with Gasteiger partial charge in [-0.3, -0.25) is 0 Å². The van der Waals surface area contributed by atoms with Gasteiger partial charge in [-0.2, -0.15) is 0 Å². The fraction of sp³-hybridized carbons (Fsp3) is 0.933. The van der Waals surface area contributed by atoms with Crippen molar-refractivity contribution in [2.45, 2.75) is 156 Å². The SMILES string of the molecule is C=CCC[N+](CC)(CCCCCCCCCCCC)CCCCCCCCCCCC.[Br-]. The van der Waals surface area contributed by atoms with E-state index in [2.05, 4.69) is 33.4 Å². The standard InChI is InChI=1S/C30H62N.BrH/c1-5-9-12-14-16-18-20-22-24-26-29-31(8-4,28-11-7-3)30-27-25-23-21-19-17-15-13-10-6-2;/h7H,3,5-6,8-30H2,1-2,4H3;1H/q+1;/p-1. The molecular formula is C30H62BrN. The monoisotopic (exact) mass is 515 g/mol. The minimum atomic E-state index is 0. The molecule has 0 radical (unpaired) electrons. The first-order valence-corrected chi connectivity index (χ1v) is 14.7. The summed E-state index contributed by atoms with van der Waals surface area (Å²) in [5.41, 5.74) is 0. The smallest absolute Gasteiger partial charge is 0.0821 e. The molecule has 32 heavy (non-hydrogen) atoms. The summed E-state index contributed by atoms with van der Waals surface area (Å²) in [6.45, 7) is 16.5. The molecule has 0 aliphatic heterocycles. The number of unbranched alkanes of at least 4 members (excludes halogenated alkanes) is 18. The highest BCUT2D eigenvalue weighted by Crippen LogP contribution is 2.17. The van der Waals surface area contributed by atoms with E-state index in [1.165, 1.54) is 165 Å². The molecule has 0 amide bonds. The van der Waals surface area contributed by atoms with Crippen LogP contribution in [0.5, 0.6) is 0 Å². The van der Waals surface area contributed by atoms with E-state index >= 15 is 0 Å². The largest absolute Gasteiger partial charge is 1.00 e. The Morgan fingerprint density at radius 3 is 1.06 bits per heavy atom. The Bertz CT molecular complexity index is 331. The number of halogens is 1. The zero-order valence-electron chi connectivity index (χ0n) is 22.8. The van der Waals surface area contributed by atoms with Crippen molar-refractivity contribution in [3.63, 3.8) is 0 Å². The summed E-state index contributed by atoms with van der Waals surface area (Å²) in [5, 5.41) is 0. The fourth-order valence-corrected chi connectivity index (χ4v) is 5.04. The first-order valence-electron chi connectivity index (χ1n) is 14.7. The molecule has 194 valence electrons. The predicted molar refractivity (Wildman–Crippen MR) is 144 cm³/mol. The molecule has 0 saturated carbocycles. The van der Waals surface area contributed by atoms with Crippen molar-refractivity contribution in [1.29, 1.82) is 0 Å². The first-order chi connectivity index (χ1) is 15.2. The number of hydrogen-bond acceptors (Lipinski definition) is 0. The van der Waals surface area contributed by atoms with E-state index in [-0.39, 0.29) is 17.0 Å². The van der Waals surface area contributed by atoms with Crippen LogP contribution in [-0.2, 0) is 0 Å². The topological polar surface area (TPSA) is 0 Å². The lowest BCUT2D eigenvalue weighted by molar-refractivity contribution is -0.926. The Hall–Kier alpha value is 0.180. The lowest BCUT2D eigenvalue weighted by Gasteiger charge is -2.38. The summed E-state index contributed by atoms with van der Waals surface area (Å²) in [7, 11) is 0. The van der Waals surface area contributed by atoms with Crippen LogP contribution in [0.3, 0.4) is 0 Å². The average molecular weight is 517 g/mol. The molecule has 0 aliphatic carbocycles. The molecule has 0 heterocycles. The van der Waals surface area contributed by atoms with Crippen LogP contribution in [0.15, 0.2) is 12.7 Å². The summed E-state index contributed by atoms with van der Waals surface area (Å²) in [5.74, 6) is 0. The maximum absolute atomic E-state index is 4.00. The Labute approximate surface area is 215 Å². The number of rotatable bonds is 26. The third kappa shape index (κ3) is 22.0. The summed E-state index contributed by atoms with van der Waals surface area (Å²) < 4.78 is 1.35. The van der Waals surface area contributed by atoms with Gasteiger partial charge in [0.15, 0.2) is 0 Å². The van der Waals surface area contributed by atoms with E-state index < -0.39 is 0 Å². The predicted octanol–water partition coefficient (Wildman–Crippen LogP) is 7.25. The molecule has 0 spiro atoms. The van der Waals surface area contributed by atoms with Crippen LogP contribution < -0.4 is 17.0 Å². The van der Waals surface area contributed by atoms with Gasteiger partial charge in [0.05, 0.1) is 26.2 Å². The maximum Gasteiger partial charge on any atom is 0.0821 e. The molecule has 0 N–H and O–H groups in total. The van der Waals surface area contributed by atoms with Gasteiger partial charge in [-0.05, 0) is 32.6 Å². The highest BCUT2D eigenvalue weighted by atomic mass is 79.9. The van der Waals surface area contributed by atoms with E-state index in [0.717, 1.165) is 0 Å². The normalized spacial score (nSPS) is 11.5. The van der Waals surface area contributed by atoms with E-state index in [0.29, 0.717) is 0 Å². The quantitative estimate of drug-likeness (QED) is 0.0646. The van der Waals surface area contributed by atoms with Crippen molar-refractivity contribution < 1.29 is 21.5 Å². The summed E-state index contributed by atoms with van der Waals surface area (Å²) in [6, 6.07) is 0. The molecule has 0 unspecified atom stereocenters. The molecule has 0 aromatic carbocycles. The zero-order valence-corrected chi connectivity index (χ0v) is 24.4. The lowest BCUT2D eigenvalue weighted by Crippen LogP contribution is -3.00. The molecule has 0 aromatic heterocycles. The summed E-state index contributed by atoms with van der Waals surface area (Å²) >= 11 is 0. The Kier molecular flexibility index (Phi) is 29.4. The number of hydrogen-bond donors (Lipinski definition) is 0.